The third-order valence-corrected chi connectivity index (χ3v) is 3.26. The van der Waals surface area contributed by atoms with Crippen molar-refractivity contribution < 1.29 is 24.6 Å². The number of amides is 2. The van der Waals surface area contributed by atoms with Gasteiger partial charge < -0.3 is 20.8 Å². The fourth-order valence-corrected chi connectivity index (χ4v) is 2.06. The number of rotatable bonds is 7. The highest BCUT2D eigenvalue weighted by molar-refractivity contribution is 7.98. The van der Waals surface area contributed by atoms with Crippen LogP contribution in [0.2, 0.25) is 0 Å². The van der Waals surface area contributed by atoms with Gasteiger partial charge in [0.1, 0.15) is 6.04 Å². The fourth-order valence-electron chi connectivity index (χ4n) is 1.59. The smallest absolute Gasteiger partial charge is 0.337 e. The molecule has 0 spiro atoms. The molecule has 1 unspecified atom stereocenters. The number of hydrogen-bond donors (Lipinski definition) is 4. The minimum absolute atomic E-state index is 0.0661. The van der Waals surface area contributed by atoms with Crippen molar-refractivity contribution in [1.29, 1.82) is 0 Å². The van der Waals surface area contributed by atoms with Gasteiger partial charge in [-0.25, -0.2) is 14.4 Å². The highest BCUT2D eigenvalue weighted by atomic mass is 32.2. The summed E-state index contributed by atoms with van der Waals surface area (Å²) in [4.78, 5) is 33.8. The summed E-state index contributed by atoms with van der Waals surface area (Å²) in [6.07, 6.45) is 2.12. The van der Waals surface area contributed by atoms with Crippen molar-refractivity contribution >= 4 is 35.4 Å². The number of aliphatic carboxylic acids is 1. The molecular weight excluding hydrogens is 296 g/mol. The number of carboxylic acids is 2. The van der Waals surface area contributed by atoms with Crippen molar-refractivity contribution in [1.82, 2.24) is 5.32 Å². The maximum Gasteiger partial charge on any atom is 0.337 e. The lowest BCUT2D eigenvalue weighted by atomic mass is 10.2. The van der Waals surface area contributed by atoms with Crippen LogP contribution in [0.5, 0.6) is 0 Å². The molecule has 1 aromatic rings. The second-order valence-corrected chi connectivity index (χ2v) is 5.11. The molecule has 0 aliphatic heterocycles. The van der Waals surface area contributed by atoms with Crippen LogP contribution in [0.15, 0.2) is 24.3 Å². The van der Waals surface area contributed by atoms with Crippen LogP contribution in [0, 0.1) is 0 Å². The summed E-state index contributed by atoms with van der Waals surface area (Å²) in [6, 6.07) is 4.11. The number of thioether (sulfide) groups is 1. The predicted octanol–water partition coefficient (Wildman–Crippen LogP) is 1.71. The third kappa shape index (κ3) is 5.35. The SMILES string of the molecule is CSCCC(NC(=O)Nc1ccccc1C(=O)O)C(=O)O. The van der Waals surface area contributed by atoms with E-state index in [9.17, 15) is 14.4 Å². The number of anilines is 1. The van der Waals surface area contributed by atoms with Crippen molar-refractivity contribution in [3.05, 3.63) is 29.8 Å². The third-order valence-electron chi connectivity index (χ3n) is 2.62. The van der Waals surface area contributed by atoms with Gasteiger partial charge in [0.15, 0.2) is 0 Å². The Hall–Kier alpha value is -2.22. The molecule has 0 heterocycles. The number of hydrogen-bond acceptors (Lipinski definition) is 4. The number of nitrogens with one attached hydrogen (secondary N) is 2. The van der Waals surface area contributed by atoms with E-state index in [0.717, 1.165) is 0 Å². The van der Waals surface area contributed by atoms with Crippen molar-refractivity contribution in [2.24, 2.45) is 0 Å². The number of carbonyl (C=O) groups excluding carboxylic acids is 1. The number of benzene rings is 1. The number of para-hydroxylation sites is 1. The maximum absolute atomic E-state index is 11.8. The Morgan fingerprint density at radius 1 is 1.24 bits per heavy atom. The monoisotopic (exact) mass is 312 g/mol. The van der Waals surface area contributed by atoms with Crippen LogP contribution in [0.1, 0.15) is 16.8 Å². The van der Waals surface area contributed by atoms with E-state index in [2.05, 4.69) is 10.6 Å². The zero-order valence-electron chi connectivity index (χ0n) is 11.3. The average Bonchev–Trinajstić information content (AvgIpc) is 2.43. The Morgan fingerprint density at radius 3 is 2.48 bits per heavy atom. The maximum atomic E-state index is 11.8. The molecule has 0 bridgehead atoms. The molecule has 1 atom stereocenters. The summed E-state index contributed by atoms with van der Waals surface area (Å²) in [7, 11) is 0. The van der Waals surface area contributed by atoms with Crippen LogP contribution in [0.25, 0.3) is 0 Å². The van der Waals surface area contributed by atoms with E-state index >= 15 is 0 Å². The van der Waals surface area contributed by atoms with Gasteiger partial charge in [0.2, 0.25) is 0 Å². The van der Waals surface area contributed by atoms with Crippen molar-refractivity contribution in [3.63, 3.8) is 0 Å². The van der Waals surface area contributed by atoms with E-state index in [-0.39, 0.29) is 17.7 Å². The van der Waals surface area contributed by atoms with Crippen LogP contribution < -0.4 is 10.6 Å². The summed E-state index contributed by atoms with van der Waals surface area (Å²) in [5.74, 6) is -1.73. The van der Waals surface area contributed by atoms with Crippen LogP contribution in [-0.4, -0.2) is 46.2 Å². The first-order valence-corrected chi connectivity index (χ1v) is 7.46. The van der Waals surface area contributed by atoms with Gasteiger partial charge in [-0.3, -0.25) is 0 Å². The lowest BCUT2D eigenvalue weighted by Crippen LogP contribution is -2.43. The summed E-state index contributed by atoms with van der Waals surface area (Å²) in [5.41, 5.74) is 0.0418. The molecule has 0 fully saturated rings. The van der Waals surface area contributed by atoms with Gasteiger partial charge in [0.05, 0.1) is 11.3 Å². The van der Waals surface area contributed by atoms with Gasteiger partial charge in [-0.2, -0.15) is 11.8 Å². The Balaban J connectivity index is 2.72. The molecule has 114 valence electrons. The summed E-state index contributed by atoms with van der Waals surface area (Å²) in [5, 5.41) is 22.7. The Bertz CT molecular complexity index is 535. The highest BCUT2D eigenvalue weighted by Gasteiger charge is 2.20. The molecular formula is C13H16N2O5S. The lowest BCUT2D eigenvalue weighted by molar-refractivity contribution is -0.139. The van der Waals surface area contributed by atoms with Crippen LogP contribution in [-0.2, 0) is 4.79 Å². The molecule has 7 nitrogen and oxygen atoms in total. The molecule has 4 N–H and O–H groups in total. The number of carbonyl (C=O) groups is 3. The number of aromatic carboxylic acids is 1. The van der Waals surface area contributed by atoms with Gasteiger partial charge in [-0.1, -0.05) is 12.1 Å². The Labute approximate surface area is 125 Å². The van der Waals surface area contributed by atoms with Gasteiger partial charge >= 0.3 is 18.0 Å². The van der Waals surface area contributed by atoms with Crippen molar-refractivity contribution in [3.8, 4) is 0 Å². The minimum Gasteiger partial charge on any atom is -0.480 e. The van der Waals surface area contributed by atoms with Crippen molar-refractivity contribution in [2.45, 2.75) is 12.5 Å². The lowest BCUT2D eigenvalue weighted by Gasteiger charge is -2.15. The Kier molecular flexibility index (Phi) is 6.54. The zero-order valence-corrected chi connectivity index (χ0v) is 12.1. The van der Waals surface area contributed by atoms with E-state index in [1.165, 1.54) is 30.0 Å². The largest absolute Gasteiger partial charge is 0.480 e. The topological polar surface area (TPSA) is 116 Å². The second-order valence-electron chi connectivity index (χ2n) is 4.12. The van der Waals surface area contributed by atoms with Crippen LogP contribution >= 0.6 is 11.8 Å². The molecule has 21 heavy (non-hydrogen) atoms. The Morgan fingerprint density at radius 2 is 1.90 bits per heavy atom. The molecule has 0 aromatic heterocycles. The molecule has 2 amide bonds. The van der Waals surface area contributed by atoms with Gasteiger partial charge in [0, 0.05) is 0 Å². The van der Waals surface area contributed by atoms with E-state index in [0.29, 0.717) is 5.75 Å². The van der Waals surface area contributed by atoms with Gasteiger partial charge in [-0.15, -0.1) is 0 Å². The van der Waals surface area contributed by atoms with E-state index < -0.39 is 24.0 Å². The molecule has 0 radical (unpaired) electrons. The first-order chi connectivity index (χ1) is 9.95. The van der Waals surface area contributed by atoms with Crippen molar-refractivity contribution in [2.75, 3.05) is 17.3 Å². The average molecular weight is 312 g/mol. The van der Waals surface area contributed by atoms with Gasteiger partial charge in [-0.05, 0) is 30.6 Å². The predicted molar refractivity (Wildman–Crippen MR) is 80.0 cm³/mol. The van der Waals surface area contributed by atoms with Gasteiger partial charge in [0.25, 0.3) is 0 Å². The number of urea groups is 1. The van der Waals surface area contributed by atoms with Crippen LogP contribution in [0.4, 0.5) is 10.5 Å². The molecule has 0 aliphatic rings. The molecule has 1 rings (SSSR count). The van der Waals surface area contributed by atoms with E-state index in [1.54, 1.807) is 6.07 Å². The van der Waals surface area contributed by atoms with E-state index in [1.807, 2.05) is 6.26 Å². The quantitative estimate of drug-likeness (QED) is 0.609. The summed E-state index contributed by atoms with van der Waals surface area (Å²) in [6.45, 7) is 0. The number of carboxylic acid groups (broad SMARTS) is 2. The fraction of sp³-hybridized carbons (Fsp3) is 0.308. The normalized spacial score (nSPS) is 11.5. The molecule has 8 heteroatoms. The molecule has 0 aliphatic carbocycles. The molecule has 1 aromatic carbocycles. The first kappa shape index (κ1) is 16.8. The first-order valence-electron chi connectivity index (χ1n) is 6.07. The summed E-state index contributed by atoms with van der Waals surface area (Å²) < 4.78 is 0. The zero-order chi connectivity index (χ0) is 15.8. The van der Waals surface area contributed by atoms with Crippen LogP contribution in [0.3, 0.4) is 0 Å². The molecule has 0 saturated carbocycles. The van der Waals surface area contributed by atoms with E-state index in [4.69, 9.17) is 10.2 Å². The minimum atomic E-state index is -1.18. The molecule has 0 saturated heterocycles. The summed E-state index contributed by atoms with van der Waals surface area (Å²) >= 11 is 1.47. The second kappa shape index (κ2) is 8.15. The highest BCUT2D eigenvalue weighted by Crippen LogP contribution is 2.14. The standard InChI is InChI=1S/C13H16N2O5S/c1-21-7-6-10(12(18)19)15-13(20)14-9-5-3-2-4-8(9)11(16)17/h2-5,10H,6-7H2,1H3,(H,16,17)(H,18,19)(H2,14,15,20).